The van der Waals surface area contributed by atoms with Crippen LogP contribution in [-0.2, 0) is 9.53 Å². The topological polar surface area (TPSA) is 88.4 Å². The van der Waals surface area contributed by atoms with Crippen molar-refractivity contribution in [2.75, 3.05) is 13.7 Å². The molecule has 144 valence electrons. The van der Waals surface area contributed by atoms with Crippen LogP contribution in [0.25, 0.3) is 6.08 Å². The molecule has 1 heterocycles. The molecular formula is C21H19NO5S. The number of ether oxygens (including phenoxy) is 2. The minimum atomic E-state index is -0.636. The fourth-order valence-electron chi connectivity index (χ4n) is 2.56. The number of thioether (sulfide) groups is 1. The van der Waals surface area contributed by atoms with Gasteiger partial charge in [0.05, 0.1) is 24.3 Å². The van der Waals surface area contributed by atoms with Gasteiger partial charge in [-0.25, -0.2) is 9.79 Å². The first-order valence-corrected chi connectivity index (χ1v) is 9.36. The summed E-state index contributed by atoms with van der Waals surface area (Å²) in [5.74, 6) is -0.511. The largest absolute Gasteiger partial charge is 0.506 e. The molecule has 0 spiro atoms. The van der Waals surface area contributed by atoms with Gasteiger partial charge in [-0.05, 0) is 42.8 Å². The van der Waals surface area contributed by atoms with Crippen LogP contribution in [0.15, 0.2) is 69.8 Å². The van der Waals surface area contributed by atoms with Crippen molar-refractivity contribution < 1.29 is 24.5 Å². The van der Waals surface area contributed by atoms with Crippen molar-refractivity contribution in [3.05, 3.63) is 70.3 Å². The number of carbonyl (C=O) groups is 1. The molecule has 2 aromatic rings. The smallest absolute Gasteiger partial charge is 0.344 e. The Morgan fingerprint density at radius 3 is 2.57 bits per heavy atom. The predicted octanol–water partition coefficient (Wildman–Crippen LogP) is 4.59. The summed E-state index contributed by atoms with van der Waals surface area (Å²) in [6, 6.07) is 14.0. The molecule has 28 heavy (non-hydrogen) atoms. The zero-order valence-electron chi connectivity index (χ0n) is 15.4. The summed E-state index contributed by atoms with van der Waals surface area (Å²) in [7, 11) is 1.46. The van der Waals surface area contributed by atoms with E-state index in [9.17, 15) is 15.0 Å². The number of aromatic hydroxyl groups is 1. The molecule has 1 aliphatic heterocycles. The lowest BCUT2D eigenvalue weighted by Crippen LogP contribution is -2.12. The van der Waals surface area contributed by atoms with Gasteiger partial charge in [0.15, 0.2) is 11.5 Å². The first kappa shape index (κ1) is 19.6. The third kappa shape index (κ3) is 4.20. The third-order valence-corrected chi connectivity index (χ3v) is 4.88. The maximum Gasteiger partial charge on any atom is 0.344 e. The number of hydrogen-bond donors (Lipinski definition) is 2. The van der Waals surface area contributed by atoms with Gasteiger partial charge in [-0.2, -0.15) is 0 Å². The van der Waals surface area contributed by atoms with Crippen LogP contribution in [0.4, 0.5) is 5.69 Å². The number of benzene rings is 2. The maximum absolute atomic E-state index is 12.4. The van der Waals surface area contributed by atoms with Gasteiger partial charge in [0.1, 0.15) is 16.4 Å². The van der Waals surface area contributed by atoms with Gasteiger partial charge < -0.3 is 19.7 Å². The van der Waals surface area contributed by atoms with Crippen LogP contribution in [0.5, 0.6) is 11.5 Å². The van der Waals surface area contributed by atoms with E-state index in [1.54, 1.807) is 37.3 Å². The van der Waals surface area contributed by atoms with E-state index < -0.39 is 5.97 Å². The maximum atomic E-state index is 12.4. The average molecular weight is 397 g/mol. The highest BCUT2D eigenvalue weighted by molar-refractivity contribution is 8.18. The second-order valence-electron chi connectivity index (χ2n) is 5.74. The van der Waals surface area contributed by atoms with Crippen LogP contribution in [0.2, 0.25) is 0 Å². The zero-order valence-corrected chi connectivity index (χ0v) is 16.2. The number of para-hydroxylation sites is 1. The van der Waals surface area contributed by atoms with E-state index in [2.05, 4.69) is 4.99 Å². The monoisotopic (exact) mass is 397 g/mol. The van der Waals surface area contributed by atoms with Crippen LogP contribution in [0.1, 0.15) is 12.5 Å². The average Bonchev–Trinajstić information content (AvgIpc) is 2.98. The van der Waals surface area contributed by atoms with E-state index in [1.165, 1.54) is 13.2 Å². The molecule has 0 aliphatic carbocycles. The Balaban J connectivity index is 2.02. The molecule has 0 amide bonds. The predicted molar refractivity (Wildman–Crippen MR) is 110 cm³/mol. The quantitative estimate of drug-likeness (QED) is 0.717. The lowest BCUT2D eigenvalue weighted by Gasteiger charge is -2.04. The Morgan fingerprint density at radius 1 is 1.18 bits per heavy atom. The summed E-state index contributed by atoms with van der Waals surface area (Å²) < 4.78 is 10.1. The van der Waals surface area contributed by atoms with Crippen molar-refractivity contribution in [1.29, 1.82) is 0 Å². The highest BCUT2D eigenvalue weighted by Gasteiger charge is 2.33. The fraction of sp³-hybridized carbons (Fsp3) is 0.143. The van der Waals surface area contributed by atoms with Crippen LogP contribution >= 0.6 is 11.8 Å². The first-order valence-electron chi connectivity index (χ1n) is 8.55. The molecule has 2 N–H and O–H groups in total. The van der Waals surface area contributed by atoms with Gasteiger partial charge in [-0.1, -0.05) is 36.0 Å². The van der Waals surface area contributed by atoms with Gasteiger partial charge in [-0.3, -0.25) is 0 Å². The minimum Gasteiger partial charge on any atom is -0.506 e. The van der Waals surface area contributed by atoms with Gasteiger partial charge in [0.2, 0.25) is 0 Å². The second kappa shape index (κ2) is 8.67. The number of hydrogen-bond acceptors (Lipinski definition) is 7. The molecule has 7 heteroatoms. The first-order chi connectivity index (χ1) is 13.5. The molecule has 6 nitrogen and oxygen atoms in total. The molecule has 0 radical (unpaired) electrons. The van der Waals surface area contributed by atoms with Crippen molar-refractivity contribution in [2.24, 2.45) is 4.99 Å². The van der Waals surface area contributed by atoms with Gasteiger partial charge in [0, 0.05) is 0 Å². The summed E-state index contributed by atoms with van der Waals surface area (Å²) in [5.41, 5.74) is 1.32. The molecule has 0 saturated carbocycles. The summed E-state index contributed by atoms with van der Waals surface area (Å²) >= 11 is 1.16. The lowest BCUT2D eigenvalue weighted by atomic mass is 10.1. The fourth-order valence-corrected chi connectivity index (χ4v) is 3.59. The Bertz CT molecular complexity index is 980. The van der Waals surface area contributed by atoms with Gasteiger partial charge >= 0.3 is 5.97 Å². The van der Waals surface area contributed by atoms with Crippen molar-refractivity contribution >= 4 is 34.5 Å². The lowest BCUT2D eigenvalue weighted by molar-refractivity contribution is -0.138. The van der Waals surface area contributed by atoms with Gasteiger partial charge in [-0.15, -0.1) is 0 Å². The second-order valence-corrected chi connectivity index (χ2v) is 6.77. The number of nitrogens with zero attached hydrogens (tertiary/aromatic N) is 1. The van der Waals surface area contributed by atoms with Crippen molar-refractivity contribution in [2.45, 2.75) is 6.92 Å². The highest BCUT2D eigenvalue weighted by Crippen LogP contribution is 2.40. The molecule has 1 aliphatic rings. The normalized spacial score (nSPS) is 16.6. The highest BCUT2D eigenvalue weighted by atomic mass is 32.2. The number of phenols is 1. The summed E-state index contributed by atoms with van der Waals surface area (Å²) in [6.45, 7) is 1.88. The molecule has 0 atom stereocenters. The summed E-state index contributed by atoms with van der Waals surface area (Å²) in [5, 5.41) is 21.0. The number of rotatable bonds is 5. The van der Waals surface area contributed by atoms with E-state index in [0.29, 0.717) is 26.9 Å². The molecule has 0 aromatic heterocycles. The van der Waals surface area contributed by atoms with E-state index in [4.69, 9.17) is 9.47 Å². The molecule has 0 saturated heterocycles. The standard InChI is InChI=1S/C21H19NO5S/c1-3-27-21(25)18-19(24)17(12-13-9-10-16(26-2)15(23)11-13)28-20(18)22-14-7-5-4-6-8-14/h4-12,23-24H,3H2,1-2H3. The van der Waals surface area contributed by atoms with Crippen LogP contribution in [0.3, 0.4) is 0 Å². The van der Waals surface area contributed by atoms with E-state index in [-0.39, 0.29) is 23.7 Å². The third-order valence-electron chi connectivity index (χ3n) is 3.86. The van der Waals surface area contributed by atoms with E-state index >= 15 is 0 Å². The van der Waals surface area contributed by atoms with Crippen LogP contribution in [-0.4, -0.2) is 34.9 Å². The van der Waals surface area contributed by atoms with Crippen LogP contribution in [0, 0.1) is 0 Å². The minimum absolute atomic E-state index is 0.0212. The van der Waals surface area contributed by atoms with Crippen molar-refractivity contribution in [1.82, 2.24) is 0 Å². The van der Waals surface area contributed by atoms with E-state index in [1.807, 2.05) is 18.2 Å². The Hall–Kier alpha value is -3.19. The zero-order chi connectivity index (χ0) is 20.1. The van der Waals surface area contributed by atoms with E-state index in [0.717, 1.165) is 11.8 Å². The number of esters is 1. The number of methoxy groups -OCH3 is 1. The van der Waals surface area contributed by atoms with Crippen molar-refractivity contribution in [3.63, 3.8) is 0 Å². The molecular weight excluding hydrogens is 378 g/mol. The van der Waals surface area contributed by atoms with Gasteiger partial charge in [0.25, 0.3) is 0 Å². The molecule has 0 bridgehead atoms. The Kier molecular flexibility index (Phi) is 6.06. The Labute approximate surface area is 166 Å². The molecule has 3 rings (SSSR count). The number of carbonyl (C=O) groups excluding carboxylic acids is 1. The summed E-state index contributed by atoms with van der Waals surface area (Å²) in [4.78, 5) is 17.3. The number of aliphatic hydroxyl groups is 1. The number of aliphatic hydroxyl groups excluding tert-OH is 1. The summed E-state index contributed by atoms with van der Waals surface area (Å²) in [6.07, 6.45) is 1.66. The molecule has 0 fully saturated rings. The SMILES string of the molecule is CCOC(=O)C1=C(O)C(=Cc2ccc(OC)c(O)c2)SC1=Nc1ccccc1. The molecule has 0 unspecified atom stereocenters. The van der Waals surface area contributed by atoms with Crippen LogP contribution < -0.4 is 4.74 Å². The van der Waals surface area contributed by atoms with Crippen molar-refractivity contribution in [3.8, 4) is 11.5 Å². The number of aliphatic imine (C=N–C) groups is 1. The molecule has 2 aromatic carbocycles. The number of phenolic OH excluding ortho intramolecular Hbond substituents is 1. The Morgan fingerprint density at radius 2 is 1.93 bits per heavy atom.